The van der Waals surface area contributed by atoms with E-state index in [0.29, 0.717) is 12.4 Å². The highest BCUT2D eigenvalue weighted by Crippen LogP contribution is 2.20. The largest absolute Gasteiger partial charge is 0.335 e. The maximum absolute atomic E-state index is 4.23. The van der Waals surface area contributed by atoms with Gasteiger partial charge in [-0.2, -0.15) is 10.2 Å². The van der Waals surface area contributed by atoms with Crippen molar-refractivity contribution in [1.82, 2.24) is 19.9 Å². The van der Waals surface area contributed by atoms with Crippen molar-refractivity contribution < 1.29 is 0 Å². The summed E-state index contributed by atoms with van der Waals surface area (Å²) in [4.78, 5) is 15.5. The molecule has 1 N–H and O–H groups in total. The third kappa shape index (κ3) is 1.50. The second-order valence-corrected chi connectivity index (χ2v) is 3.25. The van der Waals surface area contributed by atoms with Crippen molar-refractivity contribution in [2.24, 2.45) is 10.2 Å². The van der Waals surface area contributed by atoms with Gasteiger partial charge in [-0.1, -0.05) is 0 Å². The molecule has 2 aromatic rings. The summed E-state index contributed by atoms with van der Waals surface area (Å²) < 4.78 is 0. The van der Waals surface area contributed by atoms with Gasteiger partial charge in [0.2, 0.25) is 0 Å². The Morgan fingerprint density at radius 3 is 2.88 bits per heavy atom. The minimum atomic E-state index is 0.622. The molecule has 16 heavy (non-hydrogen) atoms. The molecular weight excluding hydrogens is 204 g/mol. The van der Waals surface area contributed by atoms with Crippen LogP contribution in [0.4, 0.5) is 0 Å². The topological polar surface area (TPSA) is 79.2 Å². The number of rotatable bonds is 2. The van der Waals surface area contributed by atoms with Crippen LogP contribution in [-0.4, -0.2) is 26.5 Å². The Balaban J connectivity index is 1.97. The van der Waals surface area contributed by atoms with Crippen LogP contribution in [0.2, 0.25) is 0 Å². The maximum atomic E-state index is 4.23. The van der Waals surface area contributed by atoms with Crippen molar-refractivity contribution in [3.05, 3.63) is 36.7 Å². The average molecular weight is 212 g/mol. The Hall–Kier alpha value is -2.37. The third-order valence-corrected chi connectivity index (χ3v) is 2.20. The fourth-order valence-corrected chi connectivity index (χ4v) is 1.45. The van der Waals surface area contributed by atoms with Crippen LogP contribution < -0.4 is 0 Å². The number of H-pyrrole nitrogens is 1. The van der Waals surface area contributed by atoms with Crippen molar-refractivity contribution in [1.29, 1.82) is 0 Å². The fraction of sp³-hybridized carbons (Fsp3) is 0.100. The van der Waals surface area contributed by atoms with Gasteiger partial charge in [0.1, 0.15) is 11.4 Å². The van der Waals surface area contributed by atoms with E-state index >= 15 is 0 Å². The highest BCUT2D eigenvalue weighted by molar-refractivity contribution is 5.63. The molecule has 0 saturated heterocycles. The van der Waals surface area contributed by atoms with E-state index in [1.54, 1.807) is 24.8 Å². The molecule has 0 saturated carbocycles. The van der Waals surface area contributed by atoms with E-state index in [0.717, 1.165) is 17.1 Å². The lowest BCUT2D eigenvalue weighted by Crippen LogP contribution is -1.85. The minimum Gasteiger partial charge on any atom is -0.335 e. The van der Waals surface area contributed by atoms with Gasteiger partial charge >= 0.3 is 0 Å². The summed E-state index contributed by atoms with van der Waals surface area (Å²) in [5.74, 6) is 0.710. The van der Waals surface area contributed by atoms with E-state index in [-0.39, 0.29) is 0 Å². The number of nitrogens with zero attached hydrogens (tertiary/aromatic N) is 5. The number of aromatic nitrogens is 4. The van der Waals surface area contributed by atoms with E-state index in [1.165, 1.54) is 0 Å². The number of hydrogen-bond donors (Lipinski definition) is 1. The fourth-order valence-electron chi connectivity index (χ4n) is 1.45. The highest BCUT2D eigenvalue weighted by atomic mass is 15.2. The number of aromatic amines is 1. The van der Waals surface area contributed by atoms with Gasteiger partial charge in [-0.15, -0.1) is 0 Å². The molecule has 0 bridgehead atoms. The zero-order valence-electron chi connectivity index (χ0n) is 8.33. The second-order valence-electron chi connectivity index (χ2n) is 3.25. The Kier molecular flexibility index (Phi) is 2.03. The van der Waals surface area contributed by atoms with Crippen molar-refractivity contribution >= 4 is 5.70 Å². The van der Waals surface area contributed by atoms with Crippen LogP contribution in [0.15, 0.2) is 41.1 Å². The first-order chi connectivity index (χ1) is 7.93. The highest BCUT2D eigenvalue weighted by Gasteiger charge is 2.10. The predicted octanol–water partition coefficient (Wildman–Crippen LogP) is 1.67. The molecule has 0 atom stereocenters. The first-order valence-electron chi connectivity index (χ1n) is 4.83. The number of azo groups is 1. The van der Waals surface area contributed by atoms with Gasteiger partial charge in [-0.05, 0) is 6.08 Å². The van der Waals surface area contributed by atoms with Gasteiger partial charge in [-0.3, -0.25) is 9.97 Å². The van der Waals surface area contributed by atoms with Crippen LogP contribution in [0.1, 0.15) is 5.82 Å². The molecule has 0 amide bonds. The number of hydrogen-bond acceptors (Lipinski definition) is 5. The number of imidazole rings is 1. The van der Waals surface area contributed by atoms with Crippen LogP contribution in [0.25, 0.3) is 17.1 Å². The summed E-state index contributed by atoms with van der Waals surface area (Å²) >= 11 is 0. The molecule has 6 nitrogen and oxygen atoms in total. The molecule has 78 valence electrons. The normalized spacial score (nSPS) is 14.1. The molecule has 0 aliphatic carbocycles. The van der Waals surface area contributed by atoms with Crippen molar-refractivity contribution in [2.45, 2.75) is 0 Å². The molecule has 0 unspecified atom stereocenters. The first-order valence-corrected chi connectivity index (χ1v) is 4.83. The lowest BCUT2D eigenvalue weighted by Gasteiger charge is -1.93. The summed E-state index contributed by atoms with van der Waals surface area (Å²) in [6.07, 6.45) is 8.59. The summed E-state index contributed by atoms with van der Waals surface area (Å²) in [6.45, 7) is 0.622. The predicted molar refractivity (Wildman–Crippen MR) is 57.3 cm³/mol. The van der Waals surface area contributed by atoms with Crippen LogP contribution in [0.3, 0.4) is 0 Å². The van der Waals surface area contributed by atoms with E-state index in [9.17, 15) is 0 Å². The molecule has 0 spiro atoms. The zero-order chi connectivity index (χ0) is 10.8. The molecule has 3 heterocycles. The molecular formula is C10H8N6. The van der Waals surface area contributed by atoms with Crippen molar-refractivity contribution in [3.8, 4) is 11.4 Å². The summed E-state index contributed by atoms with van der Waals surface area (Å²) in [7, 11) is 0. The van der Waals surface area contributed by atoms with Gasteiger partial charge in [0.15, 0.2) is 5.82 Å². The molecule has 1 aliphatic rings. The van der Waals surface area contributed by atoms with E-state index < -0.39 is 0 Å². The lowest BCUT2D eigenvalue weighted by molar-refractivity contribution is 1.12. The van der Waals surface area contributed by atoms with E-state index in [2.05, 4.69) is 30.2 Å². The van der Waals surface area contributed by atoms with Gasteiger partial charge < -0.3 is 4.98 Å². The smallest absolute Gasteiger partial charge is 0.158 e. The van der Waals surface area contributed by atoms with Crippen molar-refractivity contribution in [2.75, 3.05) is 6.54 Å². The molecule has 0 radical (unpaired) electrons. The van der Waals surface area contributed by atoms with Crippen LogP contribution >= 0.6 is 0 Å². The molecule has 3 rings (SSSR count). The lowest BCUT2D eigenvalue weighted by atomic mass is 10.3. The average Bonchev–Trinajstić information content (AvgIpc) is 3.01. The zero-order valence-corrected chi connectivity index (χ0v) is 8.33. The summed E-state index contributed by atoms with van der Waals surface area (Å²) in [5.41, 5.74) is 2.36. The Morgan fingerprint density at radius 1 is 1.12 bits per heavy atom. The van der Waals surface area contributed by atoms with Crippen molar-refractivity contribution in [3.63, 3.8) is 0 Å². The van der Waals surface area contributed by atoms with E-state index in [4.69, 9.17) is 0 Å². The molecule has 2 aromatic heterocycles. The van der Waals surface area contributed by atoms with Gasteiger partial charge in [0.25, 0.3) is 0 Å². The molecule has 0 fully saturated rings. The summed E-state index contributed by atoms with van der Waals surface area (Å²) in [5, 5.41) is 7.84. The van der Waals surface area contributed by atoms with Crippen LogP contribution in [0, 0.1) is 0 Å². The third-order valence-electron chi connectivity index (χ3n) is 2.20. The quantitative estimate of drug-likeness (QED) is 0.822. The number of nitrogens with one attached hydrogen (secondary N) is 1. The van der Waals surface area contributed by atoms with Gasteiger partial charge in [0, 0.05) is 12.4 Å². The molecule has 6 heteroatoms. The summed E-state index contributed by atoms with van der Waals surface area (Å²) in [6, 6.07) is 0. The standard InChI is InChI=1S/C10H8N6/c1-2-14-16-7(1)10-13-6-9(15-10)8-5-11-3-4-12-8/h1,3-6H,2H2,(H,13,15). The Bertz CT molecular complexity index is 554. The molecule has 1 aliphatic heterocycles. The van der Waals surface area contributed by atoms with Crippen LogP contribution in [0.5, 0.6) is 0 Å². The first kappa shape index (κ1) is 8.90. The Morgan fingerprint density at radius 2 is 2.12 bits per heavy atom. The molecule has 0 aromatic carbocycles. The minimum absolute atomic E-state index is 0.622. The Labute approximate surface area is 91.2 Å². The maximum Gasteiger partial charge on any atom is 0.158 e. The SMILES string of the molecule is C1=C(c2ncc(-c3cnccn3)[nH]2)N=NC1. The van der Waals surface area contributed by atoms with E-state index in [1.807, 2.05) is 6.08 Å². The second kappa shape index (κ2) is 3.65. The monoisotopic (exact) mass is 212 g/mol. The van der Waals surface area contributed by atoms with Crippen LogP contribution in [-0.2, 0) is 0 Å². The van der Waals surface area contributed by atoms with Gasteiger partial charge in [-0.25, -0.2) is 4.98 Å². The van der Waals surface area contributed by atoms with Gasteiger partial charge in [0.05, 0.1) is 24.6 Å².